The summed E-state index contributed by atoms with van der Waals surface area (Å²) in [5, 5.41) is 2.85. The zero-order valence-corrected chi connectivity index (χ0v) is 11.2. The number of para-hydroxylation sites is 2. The van der Waals surface area contributed by atoms with Gasteiger partial charge in [0.15, 0.2) is 0 Å². The van der Waals surface area contributed by atoms with Crippen LogP contribution >= 0.6 is 0 Å². The van der Waals surface area contributed by atoms with Gasteiger partial charge in [0, 0.05) is 6.54 Å². The summed E-state index contributed by atoms with van der Waals surface area (Å²) in [5.41, 5.74) is 7.41. The molecule has 0 aliphatic carbocycles. The van der Waals surface area contributed by atoms with Gasteiger partial charge in [-0.2, -0.15) is 0 Å². The number of nitrogen functional groups attached to an aromatic ring is 1. The average molecular weight is 270 g/mol. The second kappa shape index (κ2) is 7.19. The number of hydrogen-bond donors (Lipinski definition) is 2. The van der Waals surface area contributed by atoms with E-state index < -0.39 is 0 Å². The smallest absolute Gasteiger partial charge is 0.223 e. The SMILES string of the molecule is Nc1ccccc1OCCC(=O)NCc1ccccc1. The molecule has 0 aliphatic heterocycles. The molecule has 2 aromatic rings. The van der Waals surface area contributed by atoms with Crippen molar-refractivity contribution in [3.63, 3.8) is 0 Å². The van der Waals surface area contributed by atoms with Gasteiger partial charge < -0.3 is 15.8 Å². The Balaban J connectivity index is 1.69. The van der Waals surface area contributed by atoms with Crippen LogP contribution in [0.5, 0.6) is 5.75 Å². The Bertz CT molecular complexity index is 555. The summed E-state index contributed by atoms with van der Waals surface area (Å²) in [7, 11) is 0. The number of carbonyl (C=O) groups is 1. The van der Waals surface area contributed by atoms with Crippen LogP contribution in [0.4, 0.5) is 5.69 Å². The molecule has 3 N–H and O–H groups in total. The number of nitrogens with two attached hydrogens (primary N) is 1. The lowest BCUT2D eigenvalue weighted by Crippen LogP contribution is -2.24. The molecule has 0 atom stereocenters. The van der Waals surface area contributed by atoms with E-state index >= 15 is 0 Å². The van der Waals surface area contributed by atoms with Crippen molar-refractivity contribution in [3.8, 4) is 5.75 Å². The highest BCUT2D eigenvalue weighted by Crippen LogP contribution is 2.19. The van der Waals surface area contributed by atoms with Gasteiger partial charge in [0.25, 0.3) is 0 Å². The molecule has 4 nitrogen and oxygen atoms in total. The van der Waals surface area contributed by atoms with Crippen molar-refractivity contribution in [2.45, 2.75) is 13.0 Å². The second-order valence-electron chi connectivity index (χ2n) is 4.40. The molecular weight excluding hydrogens is 252 g/mol. The van der Waals surface area contributed by atoms with Crippen LogP contribution < -0.4 is 15.8 Å². The van der Waals surface area contributed by atoms with Gasteiger partial charge in [0.2, 0.25) is 5.91 Å². The molecule has 2 aromatic carbocycles. The Hall–Kier alpha value is -2.49. The van der Waals surface area contributed by atoms with Gasteiger partial charge in [0.05, 0.1) is 18.7 Å². The number of anilines is 1. The minimum atomic E-state index is -0.0386. The first-order valence-electron chi connectivity index (χ1n) is 6.53. The van der Waals surface area contributed by atoms with E-state index in [1.165, 1.54) is 0 Å². The fraction of sp³-hybridized carbons (Fsp3) is 0.188. The Morgan fingerprint density at radius 2 is 1.75 bits per heavy atom. The van der Waals surface area contributed by atoms with Crippen LogP contribution in [0.1, 0.15) is 12.0 Å². The number of benzene rings is 2. The number of amides is 1. The molecule has 0 fully saturated rings. The summed E-state index contributed by atoms with van der Waals surface area (Å²) < 4.78 is 5.47. The van der Waals surface area contributed by atoms with Crippen molar-refractivity contribution < 1.29 is 9.53 Å². The number of ether oxygens (including phenoxy) is 1. The van der Waals surface area contributed by atoms with Gasteiger partial charge in [-0.15, -0.1) is 0 Å². The second-order valence-corrected chi connectivity index (χ2v) is 4.40. The van der Waals surface area contributed by atoms with Crippen molar-refractivity contribution in [2.24, 2.45) is 0 Å². The molecule has 2 rings (SSSR count). The number of carbonyl (C=O) groups excluding carboxylic acids is 1. The molecule has 1 amide bonds. The van der Waals surface area contributed by atoms with Crippen LogP contribution in [0.3, 0.4) is 0 Å². The third-order valence-corrected chi connectivity index (χ3v) is 2.84. The molecule has 4 heteroatoms. The maximum absolute atomic E-state index is 11.7. The zero-order chi connectivity index (χ0) is 14.2. The molecule has 0 aliphatic rings. The van der Waals surface area contributed by atoms with Gasteiger partial charge in [-0.1, -0.05) is 42.5 Å². The lowest BCUT2D eigenvalue weighted by Gasteiger charge is -2.09. The predicted molar refractivity (Wildman–Crippen MR) is 79.3 cm³/mol. The maximum atomic E-state index is 11.7. The van der Waals surface area contributed by atoms with Gasteiger partial charge in [0.1, 0.15) is 5.75 Å². The molecule has 0 saturated heterocycles. The molecule has 0 saturated carbocycles. The summed E-state index contributed by atoms with van der Waals surface area (Å²) >= 11 is 0. The van der Waals surface area contributed by atoms with Crippen LogP contribution in [0.25, 0.3) is 0 Å². The molecule has 0 radical (unpaired) electrons. The summed E-state index contributed by atoms with van der Waals surface area (Å²) in [6.45, 7) is 0.849. The maximum Gasteiger partial charge on any atom is 0.223 e. The van der Waals surface area contributed by atoms with E-state index in [4.69, 9.17) is 10.5 Å². The average Bonchev–Trinajstić information content (AvgIpc) is 2.48. The molecular formula is C16H18N2O2. The van der Waals surface area contributed by atoms with E-state index in [0.29, 0.717) is 31.0 Å². The molecule has 0 unspecified atom stereocenters. The minimum absolute atomic E-state index is 0.0386. The van der Waals surface area contributed by atoms with E-state index in [9.17, 15) is 4.79 Å². The lowest BCUT2D eigenvalue weighted by molar-refractivity contribution is -0.121. The standard InChI is InChI=1S/C16H18N2O2/c17-14-8-4-5-9-15(14)20-11-10-16(19)18-12-13-6-2-1-3-7-13/h1-9H,10-12,17H2,(H,18,19). The lowest BCUT2D eigenvalue weighted by atomic mass is 10.2. The third-order valence-electron chi connectivity index (χ3n) is 2.84. The third kappa shape index (κ3) is 4.31. The van der Waals surface area contributed by atoms with Crippen molar-refractivity contribution >= 4 is 11.6 Å². The molecule has 0 bridgehead atoms. The van der Waals surface area contributed by atoms with Crippen molar-refractivity contribution in [1.82, 2.24) is 5.32 Å². The number of nitrogens with one attached hydrogen (secondary N) is 1. The van der Waals surface area contributed by atoms with Gasteiger partial charge >= 0.3 is 0 Å². The first-order chi connectivity index (χ1) is 9.75. The molecule has 0 heterocycles. The van der Waals surface area contributed by atoms with Gasteiger partial charge in [-0.25, -0.2) is 0 Å². The van der Waals surface area contributed by atoms with Gasteiger partial charge in [-0.05, 0) is 17.7 Å². The van der Waals surface area contributed by atoms with Crippen LogP contribution in [-0.4, -0.2) is 12.5 Å². The highest BCUT2D eigenvalue weighted by atomic mass is 16.5. The summed E-state index contributed by atoms with van der Waals surface area (Å²) in [6, 6.07) is 17.0. The largest absolute Gasteiger partial charge is 0.491 e. The summed E-state index contributed by atoms with van der Waals surface area (Å²) in [5.74, 6) is 0.576. The van der Waals surface area contributed by atoms with Crippen molar-refractivity contribution in [2.75, 3.05) is 12.3 Å². The fourth-order valence-corrected chi connectivity index (χ4v) is 1.75. The summed E-state index contributed by atoms with van der Waals surface area (Å²) in [4.78, 5) is 11.7. The molecule has 104 valence electrons. The van der Waals surface area contributed by atoms with Gasteiger partial charge in [-0.3, -0.25) is 4.79 Å². The topological polar surface area (TPSA) is 64.3 Å². The zero-order valence-electron chi connectivity index (χ0n) is 11.2. The van der Waals surface area contributed by atoms with E-state index in [0.717, 1.165) is 5.56 Å². The van der Waals surface area contributed by atoms with E-state index in [-0.39, 0.29) is 5.91 Å². The quantitative estimate of drug-likeness (QED) is 0.792. The Labute approximate surface area is 118 Å². The van der Waals surface area contributed by atoms with Crippen LogP contribution in [0.2, 0.25) is 0 Å². The first kappa shape index (κ1) is 13.9. The fourth-order valence-electron chi connectivity index (χ4n) is 1.75. The number of rotatable bonds is 6. The predicted octanol–water partition coefficient (Wildman–Crippen LogP) is 2.35. The van der Waals surface area contributed by atoms with Crippen molar-refractivity contribution in [3.05, 3.63) is 60.2 Å². The highest BCUT2D eigenvalue weighted by Gasteiger charge is 2.03. The van der Waals surface area contributed by atoms with Crippen LogP contribution in [-0.2, 0) is 11.3 Å². The van der Waals surface area contributed by atoms with E-state index in [2.05, 4.69) is 5.32 Å². The van der Waals surface area contributed by atoms with E-state index in [1.807, 2.05) is 42.5 Å². The van der Waals surface area contributed by atoms with E-state index in [1.54, 1.807) is 12.1 Å². The van der Waals surface area contributed by atoms with Crippen molar-refractivity contribution in [1.29, 1.82) is 0 Å². The highest BCUT2D eigenvalue weighted by molar-refractivity contribution is 5.76. The van der Waals surface area contributed by atoms with Crippen LogP contribution in [0, 0.1) is 0 Å². The first-order valence-corrected chi connectivity index (χ1v) is 6.53. The van der Waals surface area contributed by atoms with Crippen LogP contribution in [0.15, 0.2) is 54.6 Å². The minimum Gasteiger partial charge on any atom is -0.491 e. The normalized spacial score (nSPS) is 10.0. The Kier molecular flexibility index (Phi) is 5.00. The molecule has 20 heavy (non-hydrogen) atoms. The number of hydrogen-bond acceptors (Lipinski definition) is 3. The summed E-state index contributed by atoms with van der Waals surface area (Å²) in [6.07, 6.45) is 0.307. The Morgan fingerprint density at radius 3 is 2.50 bits per heavy atom. The molecule has 0 aromatic heterocycles. The monoisotopic (exact) mass is 270 g/mol. The Morgan fingerprint density at radius 1 is 1.05 bits per heavy atom. The molecule has 0 spiro atoms.